The molecular weight excluding hydrogens is 564 g/mol. The molecule has 4 N–H and O–H groups in total. The fourth-order valence-electron chi connectivity index (χ4n) is 4.54. The predicted octanol–water partition coefficient (Wildman–Crippen LogP) is 4.65. The topological polar surface area (TPSA) is 118 Å². The summed E-state index contributed by atoms with van der Waals surface area (Å²) in [6.07, 6.45) is 1.45. The van der Waals surface area contributed by atoms with E-state index in [2.05, 4.69) is 21.3 Å². The molecule has 2 amide bonds. The summed E-state index contributed by atoms with van der Waals surface area (Å²) in [6, 6.07) is 14.5. The normalized spacial score (nSPS) is 13.1. The third-order valence-corrected chi connectivity index (χ3v) is 6.92. The van der Waals surface area contributed by atoms with Crippen LogP contribution in [-0.4, -0.2) is 61.2 Å². The summed E-state index contributed by atoms with van der Waals surface area (Å²) < 4.78 is 10.6. The molecule has 0 fully saturated rings. The molecule has 2 unspecified atom stereocenters. The molecule has 2 aromatic rings. The SMILES string of the molecule is CCOCCC(=O)C(CC(C)C)NC(=O)[C@H](Cc1ccccc1)NC(=O)C(CC(C)C)NC(=S)Nc1ccc(OC)cc1. The zero-order valence-corrected chi connectivity index (χ0v) is 27.1. The summed E-state index contributed by atoms with van der Waals surface area (Å²) in [5.74, 6) is 0.223. The molecule has 9 nitrogen and oxygen atoms in total. The summed E-state index contributed by atoms with van der Waals surface area (Å²) in [7, 11) is 1.60. The van der Waals surface area contributed by atoms with Crippen molar-refractivity contribution < 1.29 is 23.9 Å². The lowest BCUT2D eigenvalue weighted by Crippen LogP contribution is -2.57. The molecule has 0 aliphatic carbocycles. The third kappa shape index (κ3) is 13.6. The van der Waals surface area contributed by atoms with Gasteiger partial charge in [0.05, 0.1) is 19.8 Å². The zero-order chi connectivity index (χ0) is 31.8. The van der Waals surface area contributed by atoms with Gasteiger partial charge in [0.1, 0.15) is 17.8 Å². The Labute approximate surface area is 261 Å². The zero-order valence-electron chi connectivity index (χ0n) is 26.3. The highest BCUT2D eigenvalue weighted by molar-refractivity contribution is 7.80. The number of ether oxygens (including phenoxy) is 2. The van der Waals surface area contributed by atoms with E-state index in [0.717, 1.165) is 17.0 Å². The van der Waals surface area contributed by atoms with Crippen molar-refractivity contribution in [3.05, 3.63) is 60.2 Å². The average molecular weight is 613 g/mol. The van der Waals surface area contributed by atoms with E-state index in [9.17, 15) is 14.4 Å². The van der Waals surface area contributed by atoms with Crippen molar-refractivity contribution in [3.63, 3.8) is 0 Å². The van der Waals surface area contributed by atoms with Gasteiger partial charge in [-0.1, -0.05) is 58.0 Å². The highest BCUT2D eigenvalue weighted by atomic mass is 32.1. The van der Waals surface area contributed by atoms with Gasteiger partial charge in [-0.15, -0.1) is 0 Å². The van der Waals surface area contributed by atoms with Crippen LogP contribution in [0.15, 0.2) is 54.6 Å². The minimum atomic E-state index is -0.899. The molecule has 3 atom stereocenters. The van der Waals surface area contributed by atoms with E-state index in [1.807, 2.05) is 89.2 Å². The number of hydrogen-bond donors (Lipinski definition) is 4. The van der Waals surface area contributed by atoms with Gasteiger partial charge < -0.3 is 30.7 Å². The minimum absolute atomic E-state index is 0.0883. The standard InChI is InChI=1S/C33H48N4O5S/c1-7-42-18-17-30(38)27(19-22(2)3)35-32(40)29(21-24-11-9-8-10-12-24)36-31(39)28(20-23(4)5)37-33(43)34-25-13-15-26(41-6)16-14-25/h8-16,22-23,27-29H,7,17-21H2,1-6H3,(H,35,40)(H,36,39)(H2,34,37,43)/t27?,28?,29-/m0/s1. The summed E-state index contributed by atoms with van der Waals surface area (Å²) in [5.41, 5.74) is 1.63. The van der Waals surface area contributed by atoms with Gasteiger partial charge in [0, 0.05) is 25.1 Å². The molecule has 0 aliphatic rings. The number of ketones is 1. The van der Waals surface area contributed by atoms with Crippen molar-refractivity contribution in [3.8, 4) is 5.75 Å². The number of amides is 2. The monoisotopic (exact) mass is 612 g/mol. The molecule has 0 heterocycles. The predicted molar refractivity (Wildman–Crippen MR) is 175 cm³/mol. The molecular formula is C33H48N4O5S. The number of Topliss-reactive ketones (excluding diaryl/α,β-unsaturated/α-hetero) is 1. The van der Waals surface area contributed by atoms with E-state index in [4.69, 9.17) is 21.7 Å². The van der Waals surface area contributed by atoms with Crippen LogP contribution >= 0.6 is 12.2 Å². The molecule has 0 aromatic heterocycles. The Bertz CT molecular complexity index is 1160. The molecule has 0 bridgehead atoms. The maximum atomic E-state index is 13.7. The van der Waals surface area contributed by atoms with Gasteiger partial charge in [0.25, 0.3) is 0 Å². The van der Waals surface area contributed by atoms with Crippen molar-refractivity contribution >= 4 is 40.6 Å². The average Bonchev–Trinajstić information content (AvgIpc) is 2.96. The maximum Gasteiger partial charge on any atom is 0.243 e. The highest BCUT2D eigenvalue weighted by Crippen LogP contribution is 2.16. The number of anilines is 1. The number of methoxy groups -OCH3 is 1. The fraction of sp³-hybridized carbons (Fsp3) is 0.515. The van der Waals surface area contributed by atoms with Gasteiger partial charge in [-0.2, -0.15) is 0 Å². The Balaban J connectivity index is 2.21. The lowest BCUT2D eigenvalue weighted by Gasteiger charge is -2.27. The van der Waals surface area contributed by atoms with Gasteiger partial charge in [0.15, 0.2) is 10.9 Å². The molecule has 0 aliphatic heterocycles. The van der Waals surface area contributed by atoms with E-state index in [1.54, 1.807) is 7.11 Å². The molecule has 43 heavy (non-hydrogen) atoms. The Morgan fingerprint density at radius 2 is 1.37 bits per heavy atom. The molecule has 2 aromatic carbocycles. The van der Waals surface area contributed by atoms with Crippen LogP contribution in [0.4, 0.5) is 5.69 Å². The van der Waals surface area contributed by atoms with E-state index in [0.29, 0.717) is 26.1 Å². The third-order valence-electron chi connectivity index (χ3n) is 6.70. The number of carbonyl (C=O) groups excluding carboxylic acids is 3. The first-order chi connectivity index (χ1) is 20.5. The van der Waals surface area contributed by atoms with E-state index in [1.165, 1.54) is 0 Å². The summed E-state index contributed by atoms with van der Waals surface area (Å²) in [6.45, 7) is 10.7. The number of benzene rings is 2. The van der Waals surface area contributed by atoms with Crippen molar-refractivity contribution in [1.29, 1.82) is 0 Å². The second kappa shape index (κ2) is 18.9. The minimum Gasteiger partial charge on any atom is -0.497 e. The van der Waals surface area contributed by atoms with Crippen LogP contribution in [0.25, 0.3) is 0 Å². The number of thiocarbonyl (C=S) groups is 1. The maximum absolute atomic E-state index is 13.7. The lowest BCUT2D eigenvalue weighted by molar-refractivity contribution is -0.132. The molecule has 2 rings (SSSR count). The van der Waals surface area contributed by atoms with Crippen LogP contribution in [-0.2, 0) is 25.5 Å². The summed E-state index contributed by atoms with van der Waals surface area (Å²) in [4.78, 5) is 40.4. The second-order valence-corrected chi connectivity index (χ2v) is 11.8. The lowest BCUT2D eigenvalue weighted by atomic mass is 9.97. The molecule has 0 saturated carbocycles. The first-order valence-electron chi connectivity index (χ1n) is 15.0. The quantitative estimate of drug-likeness (QED) is 0.142. The molecule has 236 valence electrons. The first-order valence-corrected chi connectivity index (χ1v) is 15.4. The van der Waals surface area contributed by atoms with E-state index in [-0.39, 0.29) is 41.5 Å². The van der Waals surface area contributed by atoms with Crippen LogP contribution in [0.3, 0.4) is 0 Å². The smallest absolute Gasteiger partial charge is 0.243 e. The largest absolute Gasteiger partial charge is 0.497 e. The highest BCUT2D eigenvalue weighted by Gasteiger charge is 2.30. The van der Waals surface area contributed by atoms with Gasteiger partial charge in [0.2, 0.25) is 11.8 Å². The Hall–Kier alpha value is -3.50. The fourth-order valence-corrected chi connectivity index (χ4v) is 4.80. The Kier molecular flexibility index (Phi) is 15.7. The van der Waals surface area contributed by atoms with Crippen molar-refractivity contribution in [2.24, 2.45) is 11.8 Å². The molecule has 0 radical (unpaired) electrons. The van der Waals surface area contributed by atoms with Crippen LogP contribution < -0.4 is 26.0 Å². The van der Waals surface area contributed by atoms with Crippen LogP contribution in [0.1, 0.15) is 59.4 Å². The number of hydrogen-bond acceptors (Lipinski definition) is 6. The number of carbonyl (C=O) groups is 3. The van der Waals surface area contributed by atoms with Crippen LogP contribution in [0.5, 0.6) is 5.75 Å². The summed E-state index contributed by atoms with van der Waals surface area (Å²) in [5, 5.41) is 12.4. The number of rotatable bonds is 18. The van der Waals surface area contributed by atoms with Gasteiger partial charge >= 0.3 is 0 Å². The summed E-state index contributed by atoms with van der Waals surface area (Å²) >= 11 is 5.52. The second-order valence-electron chi connectivity index (χ2n) is 11.4. The molecule has 10 heteroatoms. The van der Waals surface area contributed by atoms with Crippen molar-refractivity contribution in [2.45, 2.75) is 78.4 Å². The van der Waals surface area contributed by atoms with Gasteiger partial charge in [-0.3, -0.25) is 14.4 Å². The van der Waals surface area contributed by atoms with Gasteiger partial charge in [-0.05, 0) is 73.6 Å². The molecule has 0 spiro atoms. The van der Waals surface area contributed by atoms with Crippen LogP contribution in [0.2, 0.25) is 0 Å². The Morgan fingerprint density at radius 1 is 0.791 bits per heavy atom. The van der Waals surface area contributed by atoms with Crippen LogP contribution in [0, 0.1) is 11.8 Å². The van der Waals surface area contributed by atoms with Gasteiger partial charge in [-0.25, -0.2) is 0 Å². The molecule has 0 saturated heterocycles. The van der Waals surface area contributed by atoms with E-state index < -0.39 is 24.0 Å². The Morgan fingerprint density at radius 3 is 1.95 bits per heavy atom. The van der Waals surface area contributed by atoms with Crippen molar-refractivity contribution in [1.82, 2.24) is 16.0 Å². The number of nitrogens with one attached hydrogen (secondary N) is 4. The first kappa shape index (κ1) is 35.7. The van der Waals surface area contributed by atoms with E-state index >= 15 is 0 Å². The van der Waals surface area contributed by atoms with Crippen molar-refractivity contribution in [2.75, 3.05) is 25.6 Å².